The minimum absolute atomic E-state index is 0.0711. The minimum atomic E-state index is -0.117. The zero-order valence-corrected chi connectivity index (χ0v) is 8.53. The zero-order chi connectivity index (χ0) is 11.5. The first-order chi connectivity index (χ1) is 7.68. The van der Waals surface area contributed by atoms with Crippen LogP contribution in [-0.4, -0.2) is 5.78 Å². The second-order valence-corrected chi connectivity index (χ2v) is 3.46. The molecule has 0 spiro atoms. The van der Waals surface area contributed by atoms with Crippen LogP contribution in [0, 0.1) is 0 Å². The zero-order valence-electron chi connectivity index (χ0n) is 8.53. The molecule has 0 unspecified atom stereocenters. The van der Waals surface area contributed by atoms with Crippen LogP contribution in [0.3, 0.4) is 0 Å². The Morgan fingerprint density at radius 1 is 0.812 bits per heavy atom. The maximum Gasteiger partial charge on any atom is 0.193 e. The molecular weight excluding hydrogens is 200 g/mol. The van der Waals surface area contributed by atoms with Gasteiger partial charge in [-0.2, -0.15) is 0 Å². The summed E-state index contributed by atoms with van der Waals surface area (Å²) in [5, 5.41) is 0. The standard InChI is InChI=1S/C13H10N2O/c14-11-7-6-10(8-12(11)15)13(16)9-4-2-1-3-5-9/h1-8,14-15H. The van der Waals surface area contributed by atoms with Gasteiger partial charge in [-0.3, -0.25) is 16.3 Å². The molecule has 0 fully saturated rings. The van der Waals surface area contributed by atoms with Crippen molar-refractivity contribution in [1.29, 1.82) is 0 Å². The van der Waals surface area contributed by atoms with Gasteiger partial charge in [0.2, 0.25) is 0 Å². The van der Waals surface area contributed by atoms with Crippen molar-refractivity contribution in [2.75, 3.05) is 0 Å². The number of hydrogen-bond acceptors (Lipinski definition) is 1. The normalized spacial score (nSPS) is 10.0. The lowest BCUT2D eigenvalue weighted by molar-refractivity contribution is 0.103. The van der Waals surface area contributed by atoms with Crippen LogP contribution in [0.15, 0.2) is 48.5 Å². The van der Waals surface area contributed by atoms with Crippen molar-refractivity contribution in [1.82, 2.24) is 11.5 Å². The third kappa shape index (κ3) is 1.88. The average molecular weight is 210 g/mol. The van der Waals surface area contributed by atoms with Crippen LogP contribution < -0.4 is 11.5 Å². The summed E-state index contributed by atoms with van der Waals surface area (Å²) in [7, 11) is 0. The van der Waals surface area contributed by atoms with Gasteiger partial charge in [-0.05, 0) is 18.2 Å². The fraction of sp³-hybridized carbons (Fsp3) is 0. The first-order valence-corrected chi connectivity index (χ1v) is 4.85. The highest BCUT2D eigenvalue weighted by molar-refractivity contribution is 6.09. The van der Waals surface area contributed by atoms with E-state index in [9.17, 15) is 4.79 Å². The molecule has 2 aromatic carbocycles. The Labute approximate surface area is 93.7 Å². The molecule has 0 atom stereocenters. The number of ketones is 1. The largest absolute Gasteiger partial charge is 0.299 e. The topological polar surface area (TPSA) is 64.7 Å². The van der Waals surface area contributed by atoms with Crippen LogP contribution in [0.2, 0.25) is 0 Å². The first kappa shape index (κ1) is 10.2. The quantitative estimate of drug-likeness (QED) is 0.703. The molecule has 2 radical (unpaired) electrons. The van der Waals surface area contributed by atoms with E-state index in [0.717, 1.165) is 0 Å². The molecule has 0 saturated carbocycles. The molecule has 2 aromatic rings. The van der Waals surface area contributed by atoms with Crippen LogP contribution in [0.5, 0.6) is 0 Å². The molecule has 2 N–H and O–H groups in total. The van der Waals surface area contributed by atoms with Crippen molar-refractivity contribution in [3.05, 3.63) is 59.7 Å². The molecule has 0 aliphatic rings. The van der Waals surface area contributed by atoms with Gasteiger partial charge in [0, 0.05) is 11.1 Å². The molecule has 0 heterocycles. The Kier molecular flexibility index (Phi) is 2.60. The second-order valence-electron chi connectivity index (χ2n) is 3.46. The Hall–Kier alpha value is -2.29. The van der Waals surface area contributed by atoms with Gasteiger partial charge in [0.25, 0.3) is 0 Å². The fourth-order valence-electron chi connectivity index (χ4n) is 1.44. The minimum Gasteiger partial charge on any atom is -0.299 e. The highest BCUT2D eigenvalue weighted by Crippen LogP contribution is 2.20. The summed E-state index contributed by atoms with van der Waals surface area (Å²) in [4.78, 5) is 12.0. The number of carbonyl (C=O) groups excluding carboxylic acids is 1. The Balaban J connectivity index is 2.39. The van der Waals surface area contributed by atoms with Crippen molar-refractivity contribution < 1.29 is 4.79 Å². The van der Waals surface area contributed by atoms with Crippen molar-refractivity contribution in [2.45, 2.75) is 0 Å². The lowest BCUT2D eigenvalue weighted by Gasteiger charge is -2.03. The van der Waals surface area contributed by atoms with E-state index in [1.165, 1.54) is 12.1 Å². The number of carbonyl (C=O) groups is 1. The molecule has 0 aromatic heterocycles. The molecule has 0 aliphatic carbocycles. The van der Waals surface area contributed by atoms with E-state index >= 15 is 0 Å². The Morgan fingerprint density at radius 2 is 1.50 bits per heavy atom. The number of hydrogen-bond donors (Lipinski definition) is 0. The lowest BCUT2D eigenvalue weighted by atomic mass is 10.0. The van der Waals surface area contributed by atoms with E-state index in [1.54, 1.807) is 30.3 Å². The maximum absolute atomic E-state index is 12.0. The Bertz CT molecular complexity index is 521. The van der Waals surface area contributed by atoms with Crippen molar-refractivity contribution >= 4 is 17.2 Å². The summed E-state index contributed by atoms with van der Waals surface area (Å²) in [6.45, 7) is 0. The van der Waals surface area contributed by atoms with Gasteiger partial charge in [0.1, 0.15) is 0 Å². The van der Waals surface area contributed by atoms with E-state index < -0.39 is 0 Å². The second kappa shape index (κ2) is 4.06. The molecule has 0 saturated heterocycles. The van der Waals surface area contributed by atoms with Gasteiger partial charge in [-0.1, -0.05) is 30.3 Å². The smallest absolute Gasteiger partial charge is 0.193 e. The van der Waals surface area contributed by atoms with Crippen LogP contribution in [0.25, 0.3) is 0 Å². The van der Waals surface area contributed by atoms with Crippen LogP contribution in [0.4, 0.5) is 11.4 Å². The van der Waals surface area contributed by atoms with Crippen molar-refractivity contribution in [3.8, 4) is 0 Å². The molecule has 3 heteroatoms. The number of nitrogens with one attached hydrogen (secondary N) is 2. The number of rotatable bonds is 2. The fourth-order valence-corrected chi connectivity index (χ4v) is 1.44. The monoisotopic (exact) mass is 210 g/mol. The number of benzene rings is 2. The summed E-state index contributed by atoms with van der Waals surface area (Å²) in [6.07, 6.45) is 0. The molecule has 0 amide bonds. The molecule has 78 valence electrons. The van der Waals surface area contributed by atoms with E-state index in [1.807, 2.05) is 6.07 Å². The van der Waals surface area contributed by atoms with Gasteiger partial charge in [-0.25, -0.2) is 0 Å². The highest BCUT2D eigenvalue weighted by Gasteiger charge is 2.09. The molecular formula is C13H10N2O. The van der Waals surface area contributed by atoms with Crippen LogP contribution in [-0.2, 0) is 0 Å². The van der Waals surface area contributed by atoms with Crippen LogP contribution >= 0.6 is 0 Å². The maximum atomic E-state index is 12.0. The van der Waals surface area contributed by atoms with E-state index in [4.69, 9.17) is 11.5 Å². The SMILES string of the molecule is [NH]c1ccc(C(=O)c2ccccc2)cc1[NH]. The van der Waals surface area contributed by atoms with Gasteiger partial charge < -0.3 is 0 Å². The summed E-state index contributed by atoms with van der Waals surface area (Å²) >= 11 is 0. The predicted molar refractivity (Wildman–Crippen MR) is 61.8 cm³/mol. The third-order valence-electron chi connectivity index (χ3n) is 2.32. The van der Waals surface area contributed by atoms with E-state index in [-0.39, 0.29) is 17.2 Å². The lowest BCUT2D eigenvalue weighted by Crippen LogP contribution is -2.00. The molecule has 0 bridgehead atoms. The van der Waals surface area contributed by atoms with Crippen LogP contribution in [0.1, 0.15) is 15.9 Å². The summed E-state index contributed by atoms with van der Waals surface area (Å²) in [5.41, 5.74) is 16.1. The summed E-state index contributed by atoms with van der Waals surface area (Å²) in [6, 6.07) is 13.4. The predicted octanol–water partition coefficient (Wildman–Crippen LogP) is 2.75. The van der Waals surface area contributed by atoms with E-state index in [0.29, 0.717) is 11.1 Å². The Morgan fingerprint density at radius 3 is 2.12 bits per heavy atom. The van der Waals surface area contributed by atoms with Gasteiger partial charge in [-0.15, -0.1) is 0 Å². The molecule has 2 rings (SSSR count). The first-order valence-electron chi connectivity index (χ1n) is 4.85. The highest BCUT2D eigenvalue weighted by atomic mass is 16.1. The molecule has 3 nitrogen and oxygen atoms in total. The summed E-state index contributed by atoms with van der Waals surface area (Å²) in [5.74, 6) is -0.117. The van der Waals surface area contributed by atoms with Gasteiger partial charge >= 0.3 is 0 Å². The van der Waals surface area contributed by atoms with E-state index in [2.05, 4.69) is 0 Å². The molecule has 16 heavy (non-hydrogen) atoms. The van der Waals surface area contributed by atoms with Crippen molar-refractivity contribution in [2.24, 2.45) is 0 Å². The van der Waals surface area contributed by atoms with Gasteiger partial charge in [0.05, 0.1) is 11.4 Å². The third-order valence-corrected chi connectivity index (χ3v) is 2.32. The van der Waals surface area contributed by atoms with Gasteiger partial charge in [0.15, 0.2) is 5.78 Å². The average Bonchev–Trinajstić information content (AvgIpc) is 2.33. The van der Waals surface area contributed by atoms with Crippen molar-refractivity contribution in [3.63, 3.8) is 0 Å². The molecule has 0 aliphatic heterocycles. The summed E-state index contributed by atoms with van der Waals surface area (Å²) < 4.78 is 0.